The Hall–Kier alpha value is -6.11. The number of aliphatic carboxylic acids is 1. The van der Waals surface area contributed by atoms with Gasteiger partial charge in [0.05, 0.1) is 65.2 Å². The van der Waals surface area contributed by atoms with Crippen LogP contribution in [0.4, 0.5) is 11.4 Å². The van der Waals surface area contributed by atoms with Crippen molar-refractivity contribution in [3.05, 3.63) is 35.4 Å². The van der Waals surface area contributed by atoms with E-state index in [1.54, 1.807) is 0 Å². The number of hydrogen-bond donors (Lipinski definition) is 8. The van der Waals surface area contributed by atoms with Crippen LogP contribution in [0.15, 0.2) is 24.3 Å². The molecule has 0 spiro atoms. The van der Waals surface area contributed by atoms with Crippen LogP contribution >= 0.6 is 0 Å². The SMILES string of the molecule is COc1ccc(NC(=O)COCCOCCCC(=O)CCCC(=O)O)c(O)c1C(N)=O.COc1ccc(NC(=O)COCCOCC[NH3+])c(O)c1C(N)=O.O=C1CCCC(=O)O1.[Cl-]. The van der Waals surface area contributed by atoms with Crippen LogP contribution in [0.25, 0.3) is 0 Å². The van der Waals surface area contributed by atoms with Crippen LogP contribution in [0.5, 0.6) is 23.0 Å². The van der Waals surface area contributed by atoms with E-state index in [1.807, 2.05) is 0 Å². The summed E-state index contributed by atoms with van der Waals surface area (Å²) < 4.78 is 34.9. The molecule has 4 amide bonds. The van der Waals surface area contributed by atoms with E-state index in [4.69, 9.17) is 45.0 Å². The quantitative estimate of drug-likeness (QED) is 0.0202. The van der Waals surface area contributed by atoms with Gasteiger partial charge in [0.15, 0.2) is 11.5 Å². The number of benzene rings is 2. The minimum absolute atomic E-state index is 0. The molecule has 63 heavy (non-hydrogen) atoms. The highest BCUT2D eigenvalue weighted by molar-refractivity contribution is 6.03. The second-order valence-electron chi connectivity index (χ2n) is 12.7. The fraction of sp³-hybridized carbons (Fsp3) is 0.487. The summed E-state index contributed by atoms with van der Waals surface area (Å²) in [6, 6.07) is 5.57. The molecule has 2 aromatic carbocycles. The summed E-state index contributed by atoms with van der Waals surface area (Å²) in [6.45, 7) is 2.01. The number of methoxy groups -OCH3 is 2. The number of nitrogens with one attached hydrogen (secondary N) is 2. The number of carbonyl (C=O) groups excluding carboxylic acids is 7. The molecule has 0 radical (unpaired) electrons. The van der Waals surface area contributed by atoms with Gasteiger partial charge in [-0.3, -0.25) is 38.4 Å². The molecule has 0 unspecified atom stereocenters. The van der Waals surface area contributed by atoms with Crippen LogP contribution in [-0.4, -0.2) is 136 Å². The van der Waals surface area contributed by atoms with Crippen molar-refractivity contribution in [2.75, 3.05) is 84.3 Å². The molecule has 352 valence electrons. The third-order valence-electron chi connectivity index (χ3n) is 7.84. The van der Waals surface area contributed by atoms with Gasteiger partial charge in [0.25, 0.3) is 11.8 Å². The molecule has 0 bridgehead atoms. The lowest BCUT2D eigenvalue weighted by Crippen LogP contribution is -3.00. The number of carboxylic acid groups (broad SMARTS) is 1. The van der Waals surface area contributed by atoms with Crippen molar-refractivity contribution in [3.8, 4) is 23.0 Å². The van der Waals surface area contributed by atoms with Crippen LogP contribution in [0.2, 0.25) is 0 Å². The standard InChI is InChI=1S/C20H28N2O9.C14H21N3O6.C5H6O3.ClH/c1-29-15-8-7-14(19(27)18(15)20(21)28)22-16(24)12-31-11-10-30-9-3-5-13(23)4-2-6-17(25)26;1-21-10-3-2-9(13(19)12(10)14(16)20)17-11(18)8-23-7-6-22-5-4-15;6-4-2-1-3-5(7)8-4;/h7-8,27H,2-6,9-12H2,1H3,(H2,21,28)(H,22,24)(H,25,26);2-3,19H,4-8,15H2,1H3,(H2,16,20)(H,17,18);1-3H2;1H. The van der Waals surface area contributed by atoms with Crippen molar-refractivity contribution in [3.63, 3.8) is 0 Å². The Balaban J connectivity index is 0.00000105. The van der Waals surface area contributed by atoms with Gasteiger partial charge in [-0.2, -0.15) is 0 Å². The number of phenols is 2. The monoisotopic (exact) mass is 917 g/mol. The van der Waals surface area contributed by atoms with E-state index in [-0.39, 0.29) is 110 Å². The Morgan fingerprint density at radius 2 is 1.10 bits per heavy atom. The average Bonchev–Trinajstić information content (AvgIpc) is 3.21. The van der Waals surface area contributed by atoms with Gasteiger partial charge < -0.3 is 88.7 Å². The molecule has 1 heterocycles. The second-order valence-corrected chi connectivity index (χ2v) is 12.7. The summed E-state index contributed by atoms with van der Waals surface area (Å²) in [5.41, 5.74) is 13.6. The number of halogens is 1. The van der Waals surface area contributed by atoms with E-state index < -0.39 is 41.1 Å². The van der Waals surface area contributed by atoms with Gasteiger partial charge in [0, 0.05) is 38.7 Å². The minimum Gasteiger partial charge on any atom is -1.00 e. The van der Waals surface area contributed by atoms with Crippen LogP contribution < -0.4 is 49.7 Å². The number of quaternary nitrogens is 1. The number of primary amides is 2. The number of rotatable bonds is 26. The highest BCUT2D eigenvalue weighted by Gasteiger charge is 2.21. The third-order valence-corrected chi connectivity index (χ3v) is 7.84. The van der Waals surface area contributed by atoms with Crippen molar-refractivity contribution < 1.29 is 105 Å². The lowest BCUT2D eigenvalue weighted by Gasteiger charge is -2.13. The first kappa shape index (κ1) is 56.9. The smallest absolute Gasteiger partial charge is 0.313 e. The summed E-state index contributed by atoms with van der Waals surface area (Å²) in [6.07, 6.45) is 2.85. The molecule has 1 fully saturated rings. The minimum atomic E-state index is -0.916. The molecule has 1 saturated heterocycles. The number of cyclic esters (lactones) is 2. The first-order valence-electron chi connectivity index (χ1n) is 19.1. The zero-order valence-electron chi connectivity index (χ0n) is 35.0. The van der Waals surface area contributed by atoms with Crippen molar-refractivity contribution in [1.82, 2.24) is 0 Å². The number of esters is 2. The first-order valence-corrected chi connectivity index (χ1v) is 19.1. The van der Waals surface area contributed by atoms with Gasteiger partial charge in [0.1, 0.15) is 41.6 Å². The fourth-order valence-corrected chi connectivity index (χ4v) is 4.95. The molecule has 0 aromatic heterocycles. The summed E-state index contributed by atoms with van der Waals surface area (Å²) in [7, 11) is 2.65. The number of hydrogen-bond acceptors (Lipinski definition) is 17. The molecule has 23 nitrogen and oxygen atoms in total. The lowest BCUT2D eigenvalue weighted by atomic mass is 10.1. The summed E-state index contributed by atoms with van der Waals surface area (Å²) in [5.74, 6) is -5.26. The Kier molecular flexibility index (Phi) is 29.4. The second kappa shape index (κ2) is 32.6. The van der Waals surface area contributed by atoms with Crippen LogP contribution in [-0.2, 0) is 52.5 Å². The van der Waals surface area contributed by atoms with E-state index in [0.29, 0.717) is 64.9 Å². The van der Waals surface area contributed by atoms with Gasteiger partial charge in [0.2, 0.25) is 11.8 Å². The van der Waals surface area contributed by atoms with Crippen molar-refractivity contribution in [2.45, 2.75) is 51.4 Å². The van der Waals surface area contributed by atoms with Crippen LogP contribution in [0.1, 0.15) is 72.1 Å². The number of Topliss-reactive ketones (excluding diaryl/α,β-unsaturated/α-hetero) is 1. The average molecular weight is 918 g/mol. The molecule has 1 aliphatic rings. The maximum absolute atomic E-state index is 11.9. The van der Waals surface area contributed by atoms with Gasteiger partial charge >= 0.3 is 17.9 Å². The highest BCUT2D eigenvalue weighted by atomic mass is 35.5. The molecule has 3 rings (SSSR count). The fourth-order valence-electron chi connectivity index (χ4n) is 4.95. The van der Waals surface area contributed by atoms with Gasteiger partial charge in [-0.05, 0) is 43.5 Å². The molecule has 0 aliphatic carbocycles. The normalized spacial score (nSPS) is 11.5. The molecule has 2 aromatic rings. The predicted octanol–water partition coefficient (Wildman–Crippen LogP) is -2.97. The van der Waals surface area contributed by atoms with E-state index in [1.165, 1.54) is 38.5 Å². The van der Waals surface area contributed by atoms with Crippen LogP contribution in [0.3, 0.4) is 0 Å². The predicted molar refractivity (Wildman–Crippen MR) is 215 cm³/mol. The molecule has 12 N–H and O–H groups in total. The molecule has 0 atom stereocenters. The Morgan fingerprint density at radius 3 is 1.48 bits per heavy atom. The number of aromatic hydroxyl groups is 2. The molecular formula is C39H56ClN5O18. The number of ether oxygens (including phenoxy) is 7. The zero-order valence-corrected chi connectivity index (χ0v) is 35.8. The van der Waals surface area contributed by atoms with E-state index in [0.717, 1.165) is 0 Å². The van der Waals surface area contributed by atoms with Crippen molar-refractivity contribution in [1.29, 1.82) is 0 Å². The topological polar surface area (TPSA) is 366 Å². The number of carbonyl (C=O) groups is 8. The zero-order chi connectivity index (χ0) is 46.5. The Labute approximate surface area is 368 Å². The summed E-state index contributed by atoms with van der Waals surface area (Å²) in [5, 5.41) is 33.5. The number of nitrogens with two attached hydrogens (primary N) is 2. The van der Waals surface area contributed by atoms with Crippen LogP contribution in [0, 0.1) is 0 Å². The van der Waals surface area contributed by atoms with E-state index in [2.05, 4.69) is 21.1 Å². The summed E-state index contributed by atoms with van der Waals surface area (Å²) >= 11 is 0. The maximum atomic E-state index is 11.9. The highest BCUT2D eigenvalue weighted by Crippen LogP contribution is 2.35. The number of carboxylic acids is 1. The number of amides is 4. The third kappa shape index (κ3) is 23.6. The molecule has 0 saturated carbocycles. The molecular weight excluding hydrogens is 862 g/mol. The first-order chi connectivity index (χ1) is 29.6. The number of anilines is 2. The van der Waals surface area contributed by atoms with Crippen molar-refractivity contribution >= 4 is 58.7 Å². The lowest BCUT2D eigenvalue weighted by molar-refractivity contribution is -0.374. The Morgan fingerprint density at radius 1 is 0.667 bits per heavy atom. The number of ketones is 1. The van der Waals surface area contributed by atoms with E-state index >= 15 is 0 Å². The van der Waals surface area contributed by atoms with Gasteiger partial charge in [-0.15, -0.1) is 0 Å². The van der Waals surface area contributed by atoms with E-state index in [9.17, 15) is 48.6 Å². The molecule has 1 aliphatic heterocycles. The van der Waals surface area contributed by atoms with Crippen molar-refractivity contribution in [2.24, 2.45) is 11.5 Å². The largest absolute Gasteiger partial charge is 1.00 e. The molecule has 24 heteroatoms. The van der Waals surface area contributed by atoms with Gasteiger partial charge in [-0.25, -0.2) is 0 Å². The maximum Gasteiger partial charge on any atom is 0.313 e. The summed E-state index contributed by atoms with van der Waals surface area (Å²) in [4.78, 5) is 88.9. The van der Waals surface area contributed by atoms with Gasteiger partial charge in [-0.1, -0.05) is 0 Å². The Bertz CT molecular complexity index is 1820.